The topological polar surface area (TPSA) is 61.9 Å². The van der Waals surface area contributed by atoms with Crippen molar-refractivity contribution in [3.8, 4) is 5.75 Å². The molecule has 1 saturated heterocycles. The maximum absolute atomic E-state index is 13.7. The Morgan fingerprint density at radius 1 is 1.17 bits per heavy atom. The summed E-state index contributed by atoms with van der Waals surface area (Å²) in [5.41, 5.74) is 2.20. The number of methoxy groups -OCH3 is 1. The molecule has 2 aromatic carbocycles. The van der Waals surface area contributed by atoms with E-state index in [2.05, 4.69) is 10.2 Å². The first kappa shape index (κ1) is 20.6. The van der Waals surface area contributed by atoms with Crippen molar-refractivity contribution in [2.45, 2.75) is 19.3 Å². The predicted molar refractivity (Wildman–Crippen MR) is 111 cm³/mol. The van der Waals surface area contributed by atoms with Crippen LogP contribution >= 0.6 is 0 Å². The number of aryl methyl sites for hydroxylation is 1. The van der Waals surface area contributed by atoms with Crippen LogP contribution in [0, 0.1) is 5.82 Å². The van der Waals surface area contributed by atoms with Gasteiger partial charge in [0.1, 0.15) is 11.6 Å². The Hall–Kier alpha value is -3.09. The van der Waals surface area contributed by atoms with Crippen LogP contribution < -0.4 is 15.0 Å². The van der Waals surface area contributed by atoms with Gasteiger partial charge in [0.05, 0.1) is 12.8 Å². The molecule has 2 aromatic rings. The molecule has 3 rings (SSSR count). The van der Waals surface area contributed by atoms with Gasteiger partial charge < -0.3 is 19.9 Å². The van der Waals surface area contributed by atoms with E-state index in [1.54, 1.807) is 30.2 Å². The smallest absolute Gasteiger partial charge is 0.224 e. The second-order valence-electron chi connectivity index (χ2n) is 7.01. The van der Waals surface area contributed by atoms with Crippen molar-refractivity contribution in [1.29, 1.82) is 0 Å². The average Bonchev–Trinajstić information content (AvgIpc) is 2.75. The molecule has 1 heterocycles. The summed E-state index contributed by atoms with van der Waals surface area (Å²) in [6.07, 6.45) is 2.23. The van der Waals surface area contributed by atoms with Gasteiger partial charge in [0.25, 0.3) is 0 Å². The van der Waals surface area contributed by atoms with Crippen LogP contribution in [0.2, 0.25) is 0 Å². The minimum atomic E-state index is -0.239. The monoisotopic (exact) mass is 399 g/mol. The largest absolute Gasteiger partial charge is 0.495 e. The lowest BCUT2D eigenvalue weighted by molar-refractivity contribution is -0.118. The molecular weight excluding hydrogens is 373 g/mol. The van der Waals surface area contributed by atoms with Crippen LogP contribution in [0.1, 0.15) is 18.4 Å². The number of nitrogens with one attached hydrogen (secondary N) is 1. The molecule has 154 valence electrons. The molecule has 0 saturated carbocycles. The average molecular weight is 399 g/mol. The first-order chi connectivity index (χ1) is 14.1. The molecule has 1 fully saturated rings. The zero-order valence-electron chi connectivity index (χ0n) is 16.6. The lowest BCUT2D eigenvalue weighted by Gasteiger charge is -2.34. The van der Waals surface area contributed by atoms with E-state index in [1.165, 1.54) is 6.07 Å². The van der Waals surface area contributed by atoms with Crippen LogP contribution in [0.15, 0.2) is 42.5 Å². The third-order valence-electron chi connectivity index (χ3n) is 5.09. The fraction of sp³-hybridized carbons (Fsp3) is 0.364. The standard InChI is InChI=1S/C22H26FN3O3/c1-29-21-10-9-18(26-13-11-25(16-27)12-14-26)15-20(21)24-22(28)8-4-6-17-5-2-3-7-19(17)23/h2-3,5,7,9-10,15-16H,4,6,8,11-14H2,1H3,(H,24,28). The van der Waals surface area contributed by atoms with Gasteiger partial charge in [-0.25, -0.2) is 4.39 Å². The summed E-state index contributed by atoms with van der Waals surface area (Å²) in [5.74, 6) is 0.210. The molecule has 0 radical (unpaired) electrons. The molecule has 0 unspecified atom stereocenters. The molecular formula is C22H26FN3O3. The predicted octanol–water partition coefficient (Wildman–Crippen LogP) is 3.07. The van der Waals surface area contributed by atoms with Gasteiger partial charge in [-0.3, -0.25) is 9.59 Å². The third-order valence-corrected chi connectivity index (χ3v) is 5.09. The van der Waals surface area contributed by atoms with Gasteiger partial charge in [-0.15, -0.1) is 0 Å². The number of halogens is 1. The number of benzene rings is 2. The Bertz CT molecular complexity index is 851. The van der Waals surface area contributed by atoms with Crippen LogP contribution in [0.3, 0.4) is 0 Å². The minimum absolute atomic E-state index is 0.137. The van der Waals surface area contributed by atoms with Gasteiger partial charge in [0.2, 0.25) is 12.3 Å². The van der Waals surface area contributed by atoms with E-state index in [0.717, 1.165) is 25.2 Å². The van der Waals surface area contributed by atoms with Crippen LogP contribution in [-0.4, -0.2) is 50.5 Å². The maximum atomic E-state index is 13.7. The van der Waals surface area contributed by atoms with Crippen molar-refractivity contribution in [2.75, 3.05) is 43.5 Å². The number of rotatable bonds is 8. The second kappa shape index (κ2) is 9.91. The first-order valence-electron chi connectivity index (χ1n) is 9.76. The van der Waals surface area contributed by atoms with E-state index in [1.807, 2.05) is 18.2 Å². The summed E-state index contributed by atoms with van der Waals surface area (Å²) in [5, 5.41) is 2.91. The van der Waals surface area contributed by atoms with Crippen molar-refractivity contribution in [1.82, 2.24) is 4.90 Å². The number of amides is 2. The first-order valence-corrected chi connectivity index (χ1v) is 9.76. The van der Waals surface area contributed by atoms with Crippen molar-refractivity contribution >= 4 is 23.7 Å². The van der Waals surface area contributed by atoms with Gasteiger partial charge in [0, 0.05) is 38.3 Å². The Kier molecular flexibility index (Phi) is 7.05. The zero-order chi connectivity index (χ0) is 20.6. The molecule has 1 N–H and O–H groups in total. The SMILES string of the molecule is COc1ccc(N2CCN(C=O)CC2)cc1NC(=O)CCCc1ccccc1F. The van der Waals surface area contributed by atoms with E-state index >= 15 is 0 Å². The van der Waals surface area contributed by atoms with E-state index < -0.39 is 0 Å². The number of ether oxygens (including phenoxy) is 1. The van der Waals surface area contributed by atoms with Crippen molar-refractivity contribution in [3.63, 3.8) is 0 Å². The van der Waals surface area contributed by atoms with Crippen molar-refractivity contribution in [3.05, 3.63) is 53.8 Å². The highest BCUT2D eigenvalue weighted by Gasteiger charge is 2.17. The van der Waals surface area contributed by atoms with E-state index in [9.17, 15) is 14.0 Å². The number of carbonyl (C=O) groups is 2. The van der Waals surface area contributed by atoms with Crippen LogP contribution in [0.5, 0.6) is 5.75 Å². The summed E-state index contributed by atoms with van der Waals surface area (Å²) < 4.78 is 19.1. The Morgan fingerprint density at radius 3 is 2.62 bits per heavy atom. The highest BCUT2D eigenvalue weighted by atomic mass is 19.1. The van der Waals surface area contributed by atoms with Crippen LogP contribution in [0.4, 0.5) is 15.8 Å². The fourth-order valence-electron chi connectivity index (χ4n) is 3.43. The number of anilines is 2. The van der Waals surface area contributed by atoms with E-state index in [4.69, 9.17) is 4.74 Å². The lowest BCUT2D eigenvalue weighted by Crippen LogP contribution is -2.45. The molecule has 2 amide bonds. The highest BCUT2D eigenvalue weighted by Crippen LogP contribution is 2.30. The minimum Gasteiger partial charge on any atom is -0.495 e. The molecule has 0 aliphatic carbocycles. The number of hydrogen-bond acceptors (Lipinski definition) is 4. The lowest BCUT2D eigenvalue weighted by atomic mass is 10.1. The summed E-state index contributed by atoms with van der Waals surface area (Å²) in [6, 6.07) is 12.3. The molecule has 6 nitrogen and oxygen atoms in total. The van der Waals surface area contributed by atoms with E-state index in [0.29, 0.717) is 49.4 Å². The number of piperazine rings is 1. The molecule has 1 aliphatic heterocycles. The van der Waals surface area contributed by atoms with Gasteiger partial charge >= 0.3 is 0 Å². The van der Waals surface area contributed by atoms with Crippen LogP contribution in [0.25, 0.3) is 0 Å². The summed E-state index contributed by atoms with van der Waals surface area (Å²) in [4.78, 5) is 27.2. The maximum Gasteiger partial charge on any atom is 0.224 e. The quantitative estimate of drug-likeness (QED) is 0.693. The zero-order valence-corrected chi connectivity index (χ0v) is 16.6. The Balaban J connectivity index is 1.59. The number of carbonyl (C=O) groups excluding carboxylic acids is 2. The molecule has 0 aromatic heterocycles. The molecule has 0 bridgehead atoms. The number of nitrogens with zero attached hydrogens (tertiary/aromatic N) is 2. The Labute approximate surface area is 170 Å². The van der Waals surface area contributed by atoms with Crippen molar-refractivity contribution in [2.24, 2.45) is 0 Å². The highest BCUT2D eigenvalue weighted by molar-refractivity contribution is 5.93. The summed E-state index contributed by atoms with van der Waals surface area (Å²) >= 11 is 0. The van der Waals surface area contributed by atoms with Crippen LogP contribution in [-0.2, 0) is 16.0 Å². The summed E-state index contributed by atoms with van der Waals surface area (Å²) in [6.45, 7) is 2.82. The second-order valence-corrected chi connectivity index (χ2v) is 7.01. The Morgan fingerprint density at radius 2 is 1.93 bits per heavy atom. The molecule has 7 heteroatoms. The molecule has 0 atom stereocenters. The number of hydrogen-bond donors (Lipinski definition) is 1. The molecule has 29 heavy (non-hydrogen) atoms. The normalized spacial score (nSPS) is 13.9. The van der Waals surface area contributed by atoms with Gasteiger partial charge in [-0.2, -0.15) is 0 Å². The third kappa shape index (κ3) is 5.47. The van der Waals surface area contributed by atoms with Crippen molar-refractivity contribution < 1.29 is 18.7 Å². The van der Waals surface area contributed by atoms with Gasteiger partial charge in [0.15, 0.2) is 0 Å². The summed E-state index contributed by atoms with van der Waals surface area (Å²) in [7, 11) is 1.56. The van der Waals surface area contributed by atoms with Gasteiger partial charge in [-0.1, -0.05) is 18.2 Å². The molecule has 0 spiro atoms. The van der Waals surface area contributed by atoms with Gasteiger partial charge in [-0.05, 0) is 42.7 Å². The molecule has 1 aliphatic rings. The van der Waals surface area contributed by atoms with E-state index in [-0.39, 0.29) is 11.7 Å². The fourth-order valence-corrected chi connectivity index (χ4v) is 3.43.